The van der Waals surface area contributed by atoms with Crippen molar-refractivity contribution < 1.29 is 9.59 Å². The monoisotopic (exact) mass is 358 g/mol. The summed E-state index contributed by atoms with van der Waals surface area (Å²) in [5.41, 5.74) is 2.39. The molecule has 132 valence electrons. The van der Waals surface area contributed by atoms with Gasteiger partial charge < -0.3 is 10.6 Å². The van der Waals surface area contributed by atoms with E-state index >= 15 is 0 Å². The van der Waals surface area contributed by atoms with Crippen LogP contribution >= 0.6 is 11.6 Å². The third-order valence-electron chi connectivity index (χ3n) is 4.16. The summed E-state index contributed by atoms with van der Waals surface area (Å²) in [6.07, 6.45) is 0. The first-order valence-electron chi connectivity index (χ1n) is 8.12. The van der Waals surface area contributed by atoms with Gasteiger partial charge in [-0.2, -0.15) is 0 Å². The number of carbonyl (C=O) groups is 2. The molecule has 0 radical (unpaired) electrons. The summed E-state index contributed by atoms with van der Waals surface area (Å²) < 4.78 is 0. The van der Waals surface area contributed by atoms with Gasteiger partial charge in [-0.05, 0) is 51.0 Å². The number of nitrogens with one attached hydrogen (secondary N) is 2. The first-order valence-corrected chi connectivity index (χ1v) is 8.50. The Kier molecular flexibility index (Phi) is 5.85. The molecular weight excluding hydrogens is 336 g/mol. The number of hydrogen-bond acceptors (Lipinski definition) is 2. The molecule has 0 atom stereocenters. The Hall–Kier alpha value is -2.33. The quantitative estimate of drug-likeness (QED) is 0.785. The Balaban J connectivity index is 2.04. The Morgan fingerprint density at radius 3 is 2.36 bits per heavy atom. The predicted molar refractivity (Wildman–Crippen MR) is 102 cm³/mol. The maximum absolute atomic E-state index is 12.6. The molecule has 0 aliphatic heterocycles. The van der Waals surface area contributed by atoms with Gasteiger partial charge in [0.1, 0.15) is 5.41 Å². The van der Waals surface area contributed by atoms with E-state index in [9.17, 15) is 9.59 Å². The van der Waals surface area contributed by atoms with Gasteiger partial charge in [-0.1, -0.05) is 47.5 Å². The van der Waals surface area contributed by atoms with Crippen LogP contribution in [-0.4, -0.2) is 11.8 Å². The molecule has 2 aromatic rings. The second-order valence-corrected chi connectivity index (χ2v) is 7.08. The number of benzene rings is 2. The number of anilines is 1. The molecule has 2 N–H and O–H groups in total. The van der Waals surface area contributed by atoms with Crippen molar-refractivity contribution in [1.29, 1.82) is 0 Å². The van der Waals surface area contributed by atoms with Crippen LogP contribution in [0.3, 0.4) is 0 Å². The number of amides is 2. The number of aryl methyl sites for hydroxylation is 2. The fourth-order valence-corrected chi connectivity index (χ4v) is 2.58. The minimum atomic E-state index is -1.21. The van der Waals surface area contributed by atoms with Crippen molar-refractivity contribution in [3.8, 4) is 0 Å². The fourth-order valence-electron chi connectivity index (χ4n) is 2.37. The SMILES string of the molecule is Cc1ccc(NC(=O)C(C)(C)C(=O)NCc2ccccc2Cl)c(C)c1. The summed E-state index contributed by atoms with van der Waals surface area (Å²) in [7, 11) is 0. The molecule has 25 heavy (non-hydrogen) atoms. The molecule has 0 spiro atoms. The van der Waals surface area contributed by atoms with Crippen LogP contribution in [0.2, 0.25) is 5.02 Å². The van der Waals surface area contributed by atoms with Crippen LogP contribution in [-0.2, 0) is 16.1 Å². The largest absolute Gasteiger partial charge is 0.351 e. The smallest absolute Gasteiger partial charge is 0.239 e. The van der Waals surface area contributed by atoms with Crippen molar-refractivity contribution in [3.05, 3.63) is 64.2 Å². The highest BCUT2D eigenvalue weighted by molar-refractivity contribution is 6.31. The molecule has 0 aromatic heterocycles. The molecule has 0 aliphatic rings. The second-order valence-electron chi connectivity index (χ2n) is 6.67. The first kappa shape index (κ1) is 19.0. The number of carbonyl (C=O) groups excluding carboxylic acids is 2. The summed E-state index contributed by atoms with van der Waals surface area (Å²) in [6.45, 7) is 7.40. The predicted octanol–water partition coefficient (Wildman–Crippen LogP) is 4.24. The van der Waals surface area contributed by atoms with Gasteiger partial charge >= 0.3 is 0 Å². The molecule has 0 unspecified atom stereocenters. The van der Waals surface area contributed by atoms with Gasteiger partial charge in [0.25, 0.3) is 0 Å². The summed E-state index contributed by atoms with van der Waals surface area (Å²) in [6, 6.07) is 13.0. The van der Waals surface area contributed by atoms with E-state index in [2.05, 4.69) is 10.6 Å². The summed E-state index contributed by atoms with van der Waals surface area (Å²) in [5.74, 6) is -0.703. The molecule has 4 nitrogen and oxygen atoms in total. The molecule has 0 fully saturated rings. The zero-order valence-electron chi connectivity index (χ0n) is 14.9. The van der Waals surface area contributed by atoms with E-state index in [0.29, 0.717) is 10.7 Å². The highest BCUT2D eigenvalue weighted by Gasteiger charge is 2.36. The van der Waals surface area contributed by atoms with Crippen molar-refractivity contribution in [2.75, 3.05) is 5.32 Å². The maximum atomic E-state index is 12.6. The molecule has 0 aliphatic carbocycles. The molecule has 2 aromatic carbocycles. The number of rotatable bonds is 5. The molecular formula is C20H23ClN2O2. The van der Waals surface area contributed by atoms with Crippen LogP contribution < -0.4 is 10.6 Å². The van der Waals surface area contributed by atoms with Crippen LogP contribution in [0.1, 0.15) is 30.5 Å². The lowest BCUT2D eigenvalue weighted by Crippen LogP contribution is -2.45. The van der Waals surface area contributed by atoms with E-state index in [-0.39, 0.29) is 18.4 Å². The Morgan fingerprint density at radius 1 is 1.04 bits per heavy atom. The number of halogens is 1. The average Bonchev–Trinajstić information content (AvgIpc) is 2.56. The van der Waals surface area contributed by atoms with E-state index in [0.717, 1.165) is 16.7 Å². The molecule has 2 amide bonds. The normalized spacial score (nSPS) is 11.1. The fraction of sp³-hybridized carbons (Fsp3) is 0.300. The van der Waals surface area contributed by atoms with Gasteiger partial charge in [0.15, 0.2) is 0 Å². The van der Waals surface area contributed by atoms with Crippen molar-refractivity contribution in [1.82, 2.24) is 5.32 Å². The highest BCUT2D eigenvalue weighted by atomic mass is 35.5. The van der Waals surface area contributed by atoms with Crippen molar-refractivity contribution in [2.45, 2.75) is 34.2 Å². The van der Waals surface area contributed by atoms with Crippen LogP contribution in [0.25, 0.3) is 0 Å². The van der Waals surface area contributed by atoms with E-state index < -0.39 is 5.41 Å². The van der Waals surface area contributed by atoms with E-state index in [4.69, 9.17) is 11.6 Å². The number of hydrogen-bond donors (Lipinski definition) is 2. The van der Waals surface area contributed by atoms with Gasteiger partial charge in [-0.25, -0.2) is 0 Å². The third-order valence-corrected chi connectivity index (χ3v) is 4.53. The van der Waals surface area contributed by atoms with E-state index in [1.54, 1.807) is 19.9 Å². The minimum Gasteiger partial charge on any atom is -0.351 e. The highest BCUT2D eigenvalue weighted by Crippen LogP contribution is 2.22. The van der Waals surface area contributed by atoms with E-state index in [1.807, 2.05) is 50.2 Å². The van der Waals surface area contributed by atoms with Crippen LogP contribution in [0, 0.1) is 19.3 Å². The van der Waals surface area contributed by atoms with Crippen molar-refractivity contribution >= 4 is 29.1 Å². The standard InChI is InChI=1S/C20H23ClN2O2/c1-13-9-10-17(14(2)11-13)23-19(25)20(3,4)18(24)22-12-15-7-5-6-8-16(15)21/h5-11H,12H2,1-4H3,(H,22,24)(H,23,25). The maximum Gasteiger partial charge on any atom is 0.239 e. The van der Waals surface area contributed by atoms with Gasteiger partial charge in [0.2, 0.25) is 11.8 Å². The third kappa shape index (κ3) is 4.60. The zero-order chi connectivity index (χ0) is 18.6. The zero-order valence-corrected chi connectivity index (χ0v) is 15.7. The lowest BCUT2D eigenvalue weighted by Gasteiger charge is -2.23. The molecule has 0 saturated carbocycles. The molecule has 5 heteroatoms. The molecule has 0 bridgehead atoms. The Labute approximate surface area is 153 Å². The van der Waals surface area contributed by atoms with Crippen LogP contribution in [0.4, 0.5) is 5.69 Å². The summed E-state index contributed by atoms with van der Waals surface area (Å²) in [4.78, 5) is 25.1. The van der Waals surface area contributed by atoms with E-state index in [1.165, 1.54) is 0 Å². The lowest BCUT2D eigenvalue weighted by molar-refractivity contribution is -0.138. The van der Waals surface area contributed by atoms with Crippen LogP contribution in [0.15, 0.2) is 42.5 Å². The van der Waals surface area contributed by atoms with Crippen LogP contribution in [0.5, 0.6) is 0 Å². The van der Waals surface area contributed by atoms with Crippen molar-refractivity contribution in [2.24, 2.45) is 5.41 Å². The van der Waals surface area contributed by atoms with Gasteiger partial charge in [0.05, 0.1) is 0 Å². The lowest BCUT2D eigenvalue weighted by atomic mass is 9.90. The molecule has 2 rings (SSSR count). The van der Waals surface area contributed by atoms with Gasteiger partial charge in [-0.3, -0.25) is 9.59 Å². The molecule has 0 saturated heterocycles. The topological polar surface area (TPSA) is 58.2 Å². The van der Waals surface area contributed by atoms with Crippen molar-refractivity contribution in [3.63, 3.8) is 0 Å². The Morgan fingerprint density at radius 2 is 1.72 bits per heavy atom. The molecule has 0 heterocycles. The Bertz CT molecular complexity index is 800. The first-order chi connectivity index (χ1) is 11.7. The summed E-state index contributed by atoms with van der Waals surface area (Å²) >= 11 is 6.09. The summed E-state index contributed by atoms with van der Waals surface area (Å²) in [5, 5.41) is 6.21. The minimum absolute atomic E-state index is 0.277. The second kappa shape index (κ2) is 7.70. The van der Waals surface area contributed by atoms with Gasteiger partial charge in [0, 0.05) is 17.3 Å². The average molecular weight is 359 g/mol. The van der Waals surface area contributed by atoms with Gasteiger partial charge in [-0.15, -0.1) is 0 Å².